The molecule has 0 saturated carbocycles. The third-order valence-corrected chi connectivity index (χ3v) is 2.52. The predicted octanol–water partition coefficient (Wildman–Crippen LogP) is 0.281. The quantitative estimate of drug-likeness (QED) is 0.681. The van der Waals surface area contributed by atoms with Crippen LogP contribution in [0.4, 0.5) is 5.69 Å². The highest BCUT2D eigenvalue weighted by Gasteiger charge is 2.15. The number of rotatable bonds is 4. The molecule has 1 aromatic heterocycles. The molecule has 2 aromatic rings. The number of hydrogen-bond donors (Lipinski definition) is 3. The van der Waals surface area contributed by atoms with E-state index >= 15 is 0 Å². The van der Waals surface area contributed by atoms with Gasteiger partial charge in [0.25, 0.3) is 5.91 Å². The topological polar surface area (TPSA) is 119 Å². The molecule has 1 aromatic carbocycles. The third-order valence-electron chi connectivity index (χ3n) is 2.52. The Morgan fingerprint density at radius 2 is 2.26 bits per heavy atom. The van der Waals surface area contributed by atoms with Gasteiger partial charge in [-0.05, 0) is 19.1 Å². The fourth-order valence-electron chi connectivity index (χ4n) is 1.57. The molecule has 1 amide bonds. The number of carbonyl (C=O) groups excluding carboxylic acids is 1. The summed E-state index contributed by atoms with van der Waals surface area (Å²) in [6, 6.07) is 4.45. The molecule has 8 nitrogen and oxygen atoms in total. The Hall–Kier alpha value is -2.64. The van der Waals surface area contributed by atoms with Gasteiger partial charge >= 0.3 is 0 Å². The minimum atomic E-state index is -0.362. The summed E-state index contributed by atoms with van der Waals surface area (Å²) in [6.45, 7) is 1.76. The summed E-state index contributed by atoms with van der Waals surface area (Å²) in [5, 5.41) is 16.1. The van der Waals surface area contributed by atoms with E-state index in [1.54, 1.807) is 25.1 Å². The largest absolute Gasteiger partial charge is 0.497 e. The zero-order valence-corrected chi connectivity index (χ0v) is 10.5. The van der Waals surface area contributed by atoms with Crippen molar-refractivity contribution in [1.29, 1.82) is 0 Å². The minimum absolute atomic E-state index is 0.289. The van der Waals surface area contributed by atoms with Crippen LogP contribution in [0.2, 0.25) is 0 Å². The first-order valence-corrected chi connectivity index (χ1v) is 5.59. The average Bonchev–Trinajstić information content (AvgIpc) is 2.91. The number of aromatic nitrogens is 4. The molecule has 0 aliphatic heterocycles. The van der Waals surface area contributed by atoms with E-state index in [2.05, 4.69) is 25.9 Å². The number of nitrogens with one attached hydrogen (secondary N) is 2. The van der Waals surface area contributed by atoms with Crippen LogP contribution in [0.3, 0.4) is 0 Å². The van der Waals surface area contributed by atoms with E-state index in [4.69, 9.17) is 10.5 Å². The average molecular weight is 262 g/mol. The summed E-state index contributed by atoms with van der Waals surface area (Å²) in [6.07, 6.45) is 0. The highest BCUT2D eigenvalue weighted by Crippen LogP contribution is 2.19. The molecule has 8 heteroatoms. The normalized spacial score (nSPS) is 11.9. The first kappa shape index (κ1) is 12.8. The second-order valence-corrected chi connectivity index (χ2v) is 3.96. The molecular formula is C11H14N6O2. The number of nitrogens with zero attached hydrogens (tertiary/aromatic N) is 3. The van der Waals surface area contributed by atoms with Crippen molar-refractivity contribution in [2.24, 2.45) is 0 Å². The van der Waals surface area contributed by atoms with E-state index in [1.807, 2.05) is 0 Å². The van der Waals surface area contributed by atoms with E-state index < -0.39 is 0 Å². The smallest absolute Gasteiger partial charge is 0.252 e. The number of carbonyl (C=O) groups is 1. The van der Waals surface area contributed by atoms with Crippen LogP contribution in [0.15, 0.2) is 18.2 Å². The van der Waals surface area contributed by atoms with Crippen LogP contribution in [0.1, 0.15) is 29.1 Å². The van der Waals surface area contributed by atoms with Gasteiger partial charge in [-0.15, -0.1) is 10.2 Å². The maximum Gasteiger partial charge on any atom is 0.252 e. The maximum absolute atomic E-state index is 12.1. The van der Waals surface area contributed by atoms with Crippen LogP contribution in [0.25, 0.3) is 0 Å². The number of hydrogen-bond acceptors (Lipinski definition) is 6. The first-order valence-electron chi connectivity index (χ1n) is 5.59. The Balaban J connectivity index is 2.13. The molecule has 2 rings (SSSR count). The maximum atomic E-state index is 12.1. The van der Waals surface area contributed by atoms with Gasteiger partial charge in [-0.25, -0.2) is 0 Å². The lowest BCUT2D eigenvalue weighted by Gasteiger charge is -2.11. The summed E-state index contributed by atoms with van der Waals surface area (Å²) in [5.41, 5.74) is 6.56. The van der Waals surface area contributed by atoms with Crippen LogP contribution in [0, 0.1) is 0 Å². The third kappa shape index (κ3) is 2.97. The van der Waals surface area contributed by atoms with Crippen molar-refractivity contribution in [2.75, 3.05) is 12.8 Å². The fourth-order valence-corrected chi connectivity index (χ4v) is 1.57. The second kappa shape index (κ2) is 5.34. The van der Waals surface area contributed by atoms with E-state index in [1.165, 1.54) is 7.11 Å². The highest BCUT2D eigenvalue weighted by atomic mass is 16.5. The van der Waals surface area contributed by atoms with Gasteiger partial charge in [-0.3, -0.25) is 4.79 Å². The van der Waals surface area contributed by atoms with E-state index in [-0.39, 0.29) is 11.9 Å². The molecule has 0 aliphatic rings. The van der Waals surface area contributed by atoms with Crippen molar-refractivity contribution in [1.82, 2.24) is 25.9 Å². The van der Waals surface area contributed by atoms with E-state index in [0.717, 1.165) is 0 Å². The number of tetrazole rings is 1. The zero-order chi connectivity index (χ0) is 13.8. The Kier molecular flexibility index (Phi) is 3.60. The van der Waals surface area contributed by atoms with Crippen LogP contribution in [-0.2, 0) is 0 Å². The summed E-state index contributed by atoms with van der Waals surface area (Å²) < 4.78 is 5.06. The number of methoxy groups -OCH3 is 1. The number of amides is 1. The molecule has 1 unspecified atom stereocenters. The fraction of sp³-hybridized carbons (Fsp3) is 0.273. The number of H-pyrrole nitrogens is 1. The molecule has 4 N–H and O–H groups in total. The van der Waals surface area contributed by atoms with Gasteiger partial charge < -0.3 is 15.8 Å². The SMILES string of the molecule is COc1cc(N)cc(C(=O)NC(C)c2nn[nH]n2)c1. The number of nitrogen functional groups attached to an aromatic ring is 1. The Bertz CT molecular complexity index is 569. The summed E-state index contributed by atoms with van der Waals surface area (Å²) in [4.78, 5) is 12.1. The number of aromatic amines is 1. The summed E-state index contributed by atoms with van der Waals surface area (Å²) in [7, 11) is 1.51. The van der Waals surface area contributed by atoms with Gasteiger partial charge in [-0.2, -0.15) is 5.21 Å². The monoisotopic (exact) mass is 262 g/mol. The molecule has 0 bridgehead atoms. The highest BCUT2D eigenvalue weighted by molar-refractivity contribution is 5.95. The lowest BCUT2D eigenvalue weighted by Crippen LogP contribution is -2.27. The predicted molar refractivity (Wildman–Crippen MR) is 67.5 cm³/mol. The Morgan fingerprint density at radius 3 is 2.89 bits per heavy atom. The van der Waals surface area contributed by atoms with Crippen LogP contribution >= 0.6 is 0 Å². The van der Waals surface area contributed by atoms with Crippen molar-refractivity contribution in [3.8, 4) is 5.75 Å². The van der Waals surface area contributed by atoms with E-state index in [0.29, 0.717) is 22.8 Å². The molecule has 0 radical (unpaired) electrons. The standard InChI is InChI=1S/C11H14N6O2/c1-6(10-14-16-17-15-10)13-11(18)7-3-8(12)5-9(4-7)19-2/h3-6H,12H2,1-2H3,(H,13,18)(H,14,15,16,17). The van der Waals surface area contributed by atoms with Crippen molar-refractivity contribution in [2.45, 2.75) is 13.0 Å². The molecule has 0 spiro atoms. The summed E-state index contributed by atoms with van der Waals surface area (Å²) in [5.74, 6) is 0.643. The number of ether oxygens (including phenoxy) is 1. The lowest BCUT2D eigenvalue weighted by atomic mass is 10.1. The van der Waals surface area contributed by atoms with Gasteiger partial charge in [0.2, 0.25) is 0 Å². The molecule has 0 fully saturated rings. The van der Waals surface area contributed by atoms with Gasteiger partial charge in [0.05, 0.1) is 13.2 Å². The van der Waals surface area contributed by atoms with Crippen molar-refractivity contribution >= 4 is 11.6 Å². The van der Waals surface area contributed by atoms with E-state index in [9.17, 15) is 4.79 Å². The van der Waals surface area contributed by atoms with Crippen molar-refractivity contribution in [3.05, 3.63) is 29.6 Å². The summed E-state index contributed by atoms with van der Waals surface area (Å²) >= 11 is 0. The molecule has 19 heavy (non-hydrogen) atoms. The molecule has 0 aliphatic carbocycles. The lowest BCUT2D eigenvalue weighted by molar-refractivity contribution is 0.0938. The Morgan fingerprint density at radius 1 is 1.47 bits per heavy atom. The first-order chi connectivity index (χ1) is 9.10. The molecule has 1 atom stereocenters. The molecular weight excluding hydrogens is 248 g/mol. The Labute approximate surface area is 109 Å². The van der Waals surface area contributed by atoms with Crippen LogP contribution < -0.4 is 15.8 Å². The van der Waals surface area contributed by atoms with Gasteiger partial charge in [0.1, 0.15) is 5.75 Å². The second-order valence-electron chi connectivity index (χ2n) is 3.96. The van der Waals surface area contributed by atoms with Gasteiger partial charge in [0.15, 0.2) is 5.82 Å². The zero-order valence-electron chi connectivity index (χ0n) is 10.5. The van der Waals surface area contributed by atoms with Crippen molar-refractivity contribution < 1.29 is 9.53 Å². The van der Waals surface area contributed by atoms with Crippen molar-refractivity contribution in [3.63, 3.8) is 0 Å². The number of benzene rings is 1. The van der Waals surface area contributed by atoms with Crippen LogP contribution in [-0.4, -0.2) is 33.6 Å². The molecule has 1 heterocycles. The van der Waals surface area contributed by atoms with Gasteiger partial charge in [0, 0.05) is 17.3 Å². The molecule has 0 saturated heterocycles. The molecule has 100 valence electrons. The van der Waals surface area contributed by atoms with Gasteiger partial charge in [-0.1, -0.05) is 5.21 Å². The number of nitrogens with two attached hydrogens (primary N) is 1. The van der Waals surface area contributed by atoms with Crippen LogP contribution in [0.5, 0.6) is 5.75 Å². The minimum Gasteiger partial charge on any atom is -0.497 e. The number of anilines is 1.